The van der Waals surface area contributed by atoms with Crippen molar-refractivity contribution in [1.82, 2.24) is 4.90 Å². The summed E-state index contributed by atoms with van der Waals surface area (Å²) in [5.74, 6) is 0.826. The lowest BCUT2D eigenvalue weighted by Crippen LogP contribution is -2.23. The molecule has 2 aliphatic heterocycles. The summed E-state index contributed by atoms with van der Waals surface area (Å²) in [6, 6.07) is 7.87. The first-order chi connectivity index (χ1) is 9.56. The second-order valence-corrected chi connectivity index (χ2v) is 6.36. The molecule has 1 unspecified atom stereocenters. The van der Waals surface area contributed by atoms with Crippen molar-refractivity contribution in [3.8, 4) is 5.75 Å². The predicted molar refractivity (Wildman–Crippen MR) is 85.6 cm³/mol. The zero-order valence-electron chi connectivity index (χ0n) is 11.1. The minimum atomic E-state index is -0.0784. The maximum absolute atomic E-state index is 12.0. The summed E-state index contributed by atoms with van der Waals surface area (Å²) < 4.78 is 6.45. The van der Waals surface area contributed by atoms with Gasteiger partial charge in [-0.25, -0.2) is 0 Å². The summed E-state index contributed by atoms with van der Waals surface area (Å²) in [5.41, 5.74) is 2.02. The molecule has 0 spiro atoms. The number of carbonyl (C=O) groups excluding carboxylic acids is 1. The fraction of sp³-hybridized carbons (Fsp3) is 0.200. The molecule has 0 radical (unpaired) electrons. The Labute approximate surface area is 127 Å². The molecular formula is C15H13NO2S2. The van der Waals surface area contributed by atoms with Gasteiger partial charge in [-0.15, -0.1) is 0 Å². The highest BCUT2D eigenvalue weighted by Gasteiger charge is 2.30. The minimum absolute atomic E-state index is 0.0491. The summed E-state index contributed by atoms with van der Waals surface area (Å²) in [4.78, 5) is 14.2. The van der Waals surface area contributed by atoms with Gasteiger partial charge in [-0.3, -0.25) is 9.69 Å². The van der Waals surface area contributed by atoms with E-state index in [9.17, 15) is 4.79 Å². The maximum atomic E-state index is 12.0. The molecule has 0 saturated carbocycles. The standard InChI is InChI=1S/C15H13NO2S2/c1-9-11(7-10-5-3-4-6-12(10)18-9)8-13-14(17)16(2)15(19)20-13/h3-9H,1-2H3/b13-8-. The lowest BCUT2D eigenvalue weighted by atomic mass is 10.0. The predicted octanol–water partition coefficient (Wildman–Crippen LogP) is 3.22. The van der Waals surface area contributed by atoms with Crippen LogP contribution in [-0.4, -0.2) is 28.3 Å². The van der Waals surface area contributed by atoms with E-state index in [0.717, 1.165) is 16.9 Å². The van der Waals surface area contributed by atoms with E-state index in [2.05, 4.69) is 6.08 Å². The number of likely N-dealkylation sites (N-methyl/N-ethyl adjacent to an activating group) is 1. The van der Waals surface area contributed by atoms with Crippen molar-refractivity contribution in [3.05, 3.63) is 46.4 Å². The highest BCUT2D eigenvalue weighted by molar-refractivity contribution is 8.26. The first kappa shape index (κ1) is 13.4. The molecule has 0 aromatic heterocycles. The van der Waals surface area contributed by atoms with Crippen molar-refractivity contribution in [3.63, 3.8) is 0 Å². The number of hydrogen-bond donors (Lipinski definition) is 0. The maximum Gasteiger partial charge on any atom is 0.265 e. The Balaban J connectivity index is 1.97. The molecule has 1 fully saturated rings. The number of amides is 1. The quantitative estimate of drug-likeness (QED) is 0.588. The number of fused-ring (bicyclic) bond motifs is 1. The topological polar surface area (TPSA) is 29.5 Å². The van der Waals surface area contributed by atoms with Crippen LogP contribution in [0.2, 0.25) is 0 Å². The SMILES string of the molecule is CC1Oc2ccccc2C=C1/C=C1\SC(=S)N(C)C1=O. The van der Waals surface area contributed by atoms with Crippen molar-refractivity contribution < 1.29 is 9.53 Å². The molecule has 3 rings (SSSR count). The molecule has 0 bridgehead atoms. The Bertz CT molecular complexity index is 664. The van der Waals surface area contributed by atoms with Crippen LogP contribution in [0.25, 0.3) is 6.08 Å². The Morgan fingerprint density at radius 2 is 2.15 bits per heavy atom. The molecule has 102 valence electrons. The number of nitrogens with zero attached hydrogens (tertiary/aromatic N) is 1. The lowest BCUT2D eigenvalue weighted by Gasteiger charge is -2.22. The molecule has 0 aliphatic carbocycles. The molecule has 5 heteroatoms. The van der Waals surface area contributed by atoms with Crippen LogP contribution < -0.4 is 4.74 Å². The zero-order valence-corrected chi connectivity index (χ0v) is 12.8. The van der Waals surface area contributed by atoms with Crippen LogP contribution in [0.1, 0.15) is 12.5 Å². The second-order valence-electron chi connectivity index (χ2n) is 4.68. The Hall–Kier alpha value is -1.59. The van der Waals surface area contributed by atoms with Gasteiger partial charge in [0.25, 0.3) is 5.91 Å². The van der Waals surface area contributed by atoms with Gasteiger partial charge >= 0.3 is 0 Å². The molecule has 2 heterocycles. The van der Waals surface area contributed by atoms with Crippen molar-refractivity contribution in [2.75, 3.05) is 7.05 Å². The normalized spacial score (nSPS) is 23.7. The summed E-state index contributed by atoms with van der Waals surface area (Å²) in [6.45, 7) is 1.98. The van der Waals surface area contributed by atoms with Gasteiger partial charge in [0.05, 0.1) is 4.91 Å². The molecule has 1 amide bonds. The van der Waals surface area contributed by atoms with E-state index >= 15 is 0 Å². The van der Waals surface area contributed by atoms with Crippen LogP contribution in [0.5, 0.6) is 5.75 Å². The van der Waals surface area contributed by atoms with Crippen LogP contribution in [-0.2, 0) is 4.79 Å². The number of hydrogen-bond acceptors (Lipinski definition) is 4. The fourth-order valence-electron chi connectivity index (χ4n) is 2.12. The fourth-order valence-corrected chi connectivity index (χ4v) is 3.30. The van der Waals surface area contributed by atoms with Gasteiger partial charge in [0.2, 0.25) is 0 Å². The van der Waals surface area contributed by atoms with E-state index in [0.29, 0.717) is 9.23 Å². The molecule has 3 nitrogen and oxygen atoms in total. The molecular weight excluding hydrogens is 290 g/mol. The van der Waals surface area contributed by atoms with Crippen molar-refractivity contribution in [1.29, 1.82) is 0 Å². The van der Waals surface area contributed by atoms with Crippen LogP contribution in [0.15, 0.2) is 40.8 Å². The van der Waals surface area contributed by atoms with Crippen molar-refractivity contribution in [2.45, 2.75) is 13.0 Å². The van der Waals surface area contributed by atoms with Crippen molar-refractivity contribution in [2.24, 2.45) is 0 Å². The molecule has 2 aliphatic rings. The van der Waals surface area contributed by atoms with E-state index < -0.39 is 0 Å². The lowest BCUT2D eigenvalue weighted by molar-refractivity contribution is -0.121. The number of rotatable bonds is 1. The second kappa shape index (κ2) is 5.07. The molecule has 1 aromatic rings. The molecule has 20 heavy (non-hydrogen) atoms. The van der Waals surface area contributed by atoms with E-state index in [4.69, 9.17) is 17.0 Å². The number of benzene rings is 1. The van der Waals surface area contributed by atoms with Gasteiger partial charge in [0.15, 0.2) is 0 Å². The number of ether oxygens (including phenoxy) is 1. The third kappa shape index (κ3) is 2.27. The number of carbonyl (C=O) groups is 1. The average molecular weight is 303 g/mol. The molecule has 0 N–H and O–H groups in total. The first-order valence-corrected chi connectivity index (χ1v) is 7.47. The van der Waals surface area contributed by atoms with Gasteiger partial charge < -0.3 is 4.74 Å². The first-order valence-electron chi connectivity index (χ1n) is 6.25. The van der Waals surface area contributed by atoms with E-state index in [1.165, 1.54) is 16.7 Å². The van der Waals surface area contributed by atoms with Crippen LogP contribution >= 0.6 is 24.0 Å². The molecule has 1 saturated heterocycles. The summed E-state index contributed by atoms with van der Waals surface area (Å²) in [7, 11) is 1.70. The summed E-state index contributed by atoms with van der Waals surface area (Å²) in [6.07, 6.45) is 3.86. The monoisotopic (exact) mass is 303 g/mol. The number of para-hydroxylation sites is 1. The largest absolute Gasteiger partial charge is 0.485 e. The minimum Gasteiger partial charge on any atom is -0.485 e. The van der Waals surface area contributed by atoms with Gasteiger partial charge in [-0.05, 0) is 30.7 Å². The van der Waals surface area contributed by atoms with Crippen molar-refractivity contribution >= 4 is 40.3 Å². The van der Waals surface area contributed by atoms with Gasteiger partial charge in [-0.2, -0.15) is 0 Å². The van der Waals surface area contributed by atoms with Crippen LogP contribution in [0.4, 0.5) is 0 Å². The zero-order chi connectivity index (χ0) is 14.3. The third-order valence-electron chi connectivity index (χ3n) is 3.30. The number of thiocarbonyl (C=S) groups is 1. The average Bonchev–Trinajstić information content (AvgIpc) is 2.67. The van der Waals surface area contributed by atoms with Crippen LogP contribution in [0, 0.1) is 0 Å². The van der Waals surface area contributed by atoms with Gasteiger partial charge in [-0.1, -0.05) is 42.2 Å². The molecule has 1 aromatic carbocycles. The van der Waals surface area contributed by atoms with E-state index in [-0.39, 0.29) is 12.0 Å². The highest BCUT2D eigenvalue weighted by atomic mass is 32.2. The molecule has 1 atom stereocenters. The number of thioether (sulfide) groups is 1. The summed E-state index contributed by atoms with van der Waals surface area (Å²) >= 11 is 6.46. The van der Waals surface area contributed by atoms with Gasteiger partial charge in [0.1, 0.15) is 16.2 Å². The van der Waals surface area contributed by atoms with Gasteiger partial charge in [0, 0.05) is 12.6 Å². The van der Waals surface area contributed by atoms with E-state index in [1.807, 2.05) is 37.3 Å². The Morgan fingerprint density at radius 1 is 1.40 bits per heavy atom. The summed E-state index contributed by atoms with van der Waals surface area (Å²) in [5, 5.41) is 0. The van der Waals surface area contributed by atoms with Crippen LogP contribution in [0.3, 0.4) is 0 Å². The highest BCUT2D eigenvalue weighted by Crippen LogP contribution is 2.34. The Morgan fingerprint density at radius 3 is 2.85 bits per heavy atom. The Kier molecular flexibility index (Phi) is 3.40. The smallest absolute Gasteiger partial charge is 0.265 e. The van der Waals surface area contributed by atoms with E-state index in [1.54, 1.807) is 7.05 Å². The third-order valence-corrected chi connectivity index (χ3v) is 4.78.